The van der Waals surface area contributed by atoms with Gasteiger partial charge in [-0.1, -0.05) is 25.1 Å². The lowest BCUT2D eigenvalue weighted by Gasteiger charge is -2.15. The van der Waals surface area contributed by atoms with E-state index < -0.39 is 23.5 Å². The number of imide groups is 1. The van der Waals surface area contributed by atoms with E-state index in [0.717, 1.165) is 16.9 Å². The highest BCUT2D eigenvalue weighted by Gasteiger charge is 2.47. The zero-order chi connectivity index (χ0) is 24.7. The van der Waals surface area contributed by atoms with Gasteiger partial charge in [-0.15, -0.1) is 0 Å². The Hall–Kier alpha value is -4.59. The standard InChI is InChI=1S/C27H21FN4O3/c1-3-18-13-15-30(16-14-18)24-23(25(33)31(27(24)35)20-11-9-19(28)10-12-20)22-17(2)29-32(26(22)34)21-7-5-4-6-8-21/h4-16H,3H2,1-2H3. The summed E-state index contributed by atoms with van der Waals surface area (Å²) in [6, 6.07) is 17.6. The molecule has 0 atom stereocenters. The van der Waals surface area contributed by atoms with E-state index in [2.05, 4.69) is 5.10 Å². The van der Waals surface area contributed by atoms with Gasteiger partial charge in [-0.05, 0) is 61.2 Å². The first-order valence-corrected chi connectivity index (χ1v) is 11.1. The number of para-hydroxylation sites is 1. The number of amides is 2. The summed E-state index contributed by atoms with van der Waals surface area (Å²) in [6.45, 7) is 3.64. The fraction of sp³-hybridized carbons (Fsp3) is 0.111. The predicted octanol–water partition coefficient (Wildman–Crippen LogP) is 3.19. The summed E-state index contributed by atoms with van der Waals surface area (Å²) in [4.78, 5) is 28.3. The molecule has 0 aliphatic carbocycles. The molecule has 2 amide bonds. The molecule has 1 aliphatic rings. The molecule has 3 heterocycles. The number of rotatable bonds is 5. The monoisotopic (exact) mass is 468 g/mol. The van der Waals surface area contributed by atoms with Gasteiger partial charge < -0.3 is 5.11 Å². The van der Waals surface area contributed by atoms with Gasteiger partial charge in [-0.2, -0.15) is 9.67 Å². The van der Waals surface area contributed by atoms with Crippen molar-refractivity contribution in [3.05, 3.63) is 102 Å². The van der Waals surface area contributed by atoms with Crippen LogP contribution in [0.4, 0.5) is 10.1 Å². The van der Waals surface area contributed by atoms with Gasteiger partial charge in [0.2, 0.25) is 0 Å². The second kappa shape index (κ2) is 8.64. The second-order valence-corrected chi connectivity index (χ2v) is 8.13. The van der Waals surface area contributed by atoms with Gasteiger partial charge in [0.05, 0.1) is 17.1 Å². The third-order valence-corrected chi connectivity index (χ3v) is 5.98. The number of carbonyl (C=O) groups is 2. The lowest BCUT2D eigenvalue weighted by atomic mass is 10.0. The SMILES string of the molecule is CCc1cc[n+](C2=C(c3c(C)nn(-c4ccccc4)c3[O-])C(=O)N(c3ccc(F)cc3)C2=O)cc1. The van der Waals surface area contributed by atoms with Crippen molar-refractivity contribution >= 4 is 28.8 Å². The molecule has 8 heteroatoms. The van der Waals surface area contributed by atoms with Crippen molar-refractivity contribution in [2.24, 2.45) is 0 Å². The number of aromatic nitrogens is 3. The van der Waals surface area contributed by atoms with E-state index in [1.54, 1.807) is 43.6 Å². The number of anilines is 1. The summed E-state index contributed by atoms with van der Waals surface area (Å²) >= 11 is 0. The minimum atomic E-state index is -0.670. The normalized spacial score (nSPS) is 13.7. The highest BCUT2D eigenvalue weighted by molar-refractivity contribution is 6.53. The zero-order valence-corrected chi connectivity index (χ0v) is 19.1. The van der Waals surface area contributed by atoms with E-state index in [0.29, 0.717) is 11.4 Å². The average molecular weight is 468 g/mol. The van der Waals surface area contributed by atoms with E-state index in [1.165, 1.54) is 33.5 Å². The van der Waals surface area contributed by atoms with E-state index >= 15 is 0 Å². The van der Waals surface area contributed by atoms with Crippen LogP contribution in [0.3, 0.4) is 0 Å². The number of pyridine rings is 1. The number of nitrogens with zero attached hydrogens (tertiary/aromatic N) is 4. The fourth-order valence-electron chi connectivity index (χ4n) is 4.19. The molecular weight excluding hydrogens is 447 g/mol. The van der Waals surface area contributed by atoms with Crippen molar-refractivity contribution in [2.45, 2.75) is 20.3 Å². The Morgan fingerprint density at radius 1 is 0.914 bits per heavy atom. The van der Waals surface area contributed by atoms with Crippen LogP contribution in [0.1, 0.15) is 23.7 Å². The molecule has 1 aliphatic heterocycles. The van der Waals surface area contributed by atoms with Crippen LogP contribution in [0.5, 0.6) is 5.88 Å². The van der Waals surface area contributed by atoms with Gasteiger partial charge in [0.15, 0.2) is 12.4 Å². The minimum Gasteiger partial charge on any atom is -0.858 e. The maximum absolute atomic E-state index is 13.7. The number of aryl methyl sites for hydroxylation is 2. The molecule has 0 fully saturated rings. The van der Waals surface area contributed by atoms with Gasteiger partial charge in [-0.25, -0.2) is 14.0 Å². The van der Waals surface area contributed by atoms with Crippen LogP contribution >= 0.6 is 0 Å². The average Bonchev–Trinajstić information content (AvgIpc) is 3.31. The summed E-state index contributed by atoms with van der Waals surface area (Å²) in [5.74, 6) is -2.28. The molecule has 0 saturated heterocycles. The van der Waals surface area contributed by atoms with Crippen LogP contribution in [0.2, 0.25) is 0 Å². The van der Waals surface area contributed by atoms with Crippen molar-refractivity contribution < 1.29 is 23.7 Å². The molecule has 174 valence electrons. The Morgan fingerprint density at radius 3 is 2.20 bits per heavy atom. The van der Waals surface area contributed by atoms with E-state index in [9.17, 15) is 19.1 Å². The summed E-state index contributed by atoms with van der Waals surface area (Å²) in [7, 11) is 0. The van der Waals surface area contributed by atoms with Crippen molar-refractivity contribution in [1.82, 2.24) is 9.78 Å². The van der Waals surface area contributed by atoms with Crippen molar-refractivity contribution in [1.29, 1.82) is 0 Å². The minimum absolute atomic E-state index is 0.0368. The molecule has 2 aromatic heterocycles. The third-order valence-electron chi connectivity index (χ3n) is 5.98. The molecule has 0 radical (unpaired) electrons. The quantitative estimate of drug-likeness (QED) is 0.333. The lowest BCUT2D eigenvalue weighted by molar-refractivity contribution is -0.576. The van der Waals surface area contributed by atoms with Crippen LogP contribution in [0.25, 0.3) is 17.0 Å². The van der Waals surface area contributed by atoms with Crippen LogP contribution in [-0.4, -0.2) is 21.6 Å². The fourth-order valence-corrected chi connectivity index (χ4v) is 4.19. The first-order chi connectivity index (χ1) is 16.9. The number of carbonyl (C=O) groups excluding carboxylic acids is 2. The Bertz CT molecular complexity index is 1470. The van der Waals surface area contributed by atoms with E-state index in [4.69, 9.17) is 0 Å². The maximum atomic E-state index is 13.7. The van der Waals surface area contributed by atoms with Gasteiger partial charge >= 0.3 is 5.91 Å². The maximum Gasteiger partial charge on any atom is 0.331 e. The van der Waals surface area contributed by atoms with E-state index in [-0.39, 0.29) is 22.5 Å². The zero-order valence-electron chi connectivity index (χ0n) is 19.1. The summed E-state index contributed by atoms with van der Waals surface area (Å²) in [5.41, 5.74) is 2.17. The molecule has 0 unspecified atom stereocenters. The number of hydrogen-bond acceptors (Lipinski definition) is 4. The van der Waals surface area contributed by atoms with Gasteiger partial charge in [0, 0.05) is 17.7 Å². The van der Waals surface area contributed by atoms with Gasteiger partial charge in [-0.3, -0.25) is 9.59 Å². The Kier molecular flexibility index (Phi) is 5.49. The molecule has 35 heavy (non-hydrogen) atoms. The molecule has 5 rings (SSSR count). The molecule has 2 aromatic carbocycles. The van der Waals surface area contributed by atoms with Crippen LogP contribution < -0.4 is 14.6 Å². The van der Waals surface area contributed by atoms with Crippen LogP contribution in [0.15, 0.2) is 79.1 Å². The molecular formula is C27H21FN4O3. The number of benzene rings is 2. The Morgan fingerprint density at radius 2 is 1.57 bits per heavy atom. The number of halogens is 1. The van der Waals surface area contributed by atoms with Gasteiger partial charge in [0.25, 0.3) is 11.6 Å². The summed E-state index contributed by atoms with van der Waals surface area (Å²) in [6.07, 6.45) is 4.18. The molecule has 0 N–H and O–H groups in total. The Balaban J connectivity index is 1.73. The smallest absolute Gasteiger partial charge is 0.331 e. The number of hydrogen-bond donors (Lipinski definition) is 0. The van der Waals surface area contributed by atoms with Crippen molar-refractivity contribution in [3.8, 4) is 11.6 Å². The van der Waals surface area contributed by atoms with Gasteiger partial charge in [0.1, 0.15) is 11.4 Å². The molecule has 7 nitrogen and oxygen atoms in total. The molecule has 4 aromatic rings. The third kappa shape index (κ3) is 3.69. The summed E-state index contributed by atoms with van der Waals surface area (Å²) in [5, 5.41) is 17.9. The molecule has 0 saturated carbocycles. The highest BCUT2D eigenvalue weighted by Crippen LogP contribution is 2.38. The second-order valence-electron chi connectivity index (χ2n) is 8.13. The van der Waals surface area contributed by atoms with E-state index in [1.807, 2.05) is 25.1 Å². The predicted molar refractivity (Wildman–Crippen MR) is 126 cm³/mol. The Labute approximate surface area is 201 Å². The molecule has 0 spiro atoms. The lowest BCUT2D eigenvalue weighted by Crippen LogP contribution is -2.39. The summed E-state index contributed by atoms with van der Waals surface area (Å²) < 4.78 is 16.3. The van der Waals surface area contributed by atoms with Crippen LogP contribution in [0, 0.1) is 12.7 Å². The van der Waals surface area contributed by atoms with Crippen molar-refractivity contribution in [3.63, 3.8) is 0 Å². The van der Waals surface area contributed by atoms with Crippen LogP contribution in [-0.2, 0) is 16.0 Å². The van der Waals surface area contributed by atoms with Crippen molar-refractivity contribution in [2.75, 3.05) is 4.90 Å². The largest absolute Gasteiger partial charge is 0.858 e. The highest BCUT2D eigenvalue weighted by atomic mass is 19.1. The molecule has 0 bridgehead atoms. The first kappa shape index (κ1) is 22.2. The first-order valence-electron chi connectivity index (χ1n) is 11.1. The topological polar surface area (TPSA) is 82.1 Å².